The Morgan fingerprint density at radius 3 is 2.67 bits per heavy atom. The molecule has 2 heterocycles. The van der Waals surface area contributed by atoms with Gasteiger partial charge in [-0.25, -0.2) is 0 Å². The van der Waals surface area contributed by atoms with Gasteiger partial charge < -0.3 is 20.4 Å². The number of nitrogens with one attached hydrogen (secondary N) is 3. The van der Waals surface area contributed by atoms with Crippen molar-refractivity contribution >= 4 is 29.1 Å². The highest BCUT2D eigenvalue weighted by Gasteiger charge is 2.07. The smallest absolute Gasteiger partial charge is 0.252 e. The van der Waals surface area contributed by atoms with Crippen LogP contribution >= 0.6 is 11.3 Å². The van der Waals surface area contributed by atoms with E-state index in [1.54, 1.807) is 23.6 Å². The van der Waals surface area contributed by atoms with E-state index >= 15 is 0 Å². The number of amides is 3. The van der Waals surface area contributed by atoms with Crippen LogP contribution in [0.25, 0.3) is 0 Å². The highest BCUT2D eigenvalue weighted by atomic mass is 32.1. The van der Waals surface area contributed by atoms with Crippen LogP contribution in [0.3, 0.4) is 0 Å². The molecule has 0 aromatic carbocycles. The van der Waals surface area contributed by atoms with E-state index in [1.165, 1.54) is 17.6 Å². The van der Waals surface area contributed by atoms with Gasteiger partial charge in [-0.2, -0.15) is 11.3 Å². The first-order valence-corrected chi connectivity index (χ1v) is 8.45. The lowest BCUT2D eigenvalue weighted by Gasteiger charge is -2.06. The van der Waals surface area contributed by atoms with Crippen molar-refractivity contribution in [1.82, 2.24) is 16.0 Å². The standard InChI is InChI=1S/C16H19N3O4S/c20-14(4-1-6-17-16(22)12-5-8-24-11-12)19-10-15(21)18-9-13-3-2-7-23-13/h2-3,5,7-8,11H,1,4,6,9-10H2,(H,17,22)(H,18,21)(H,19,20). The second-order valence-corrected chi connectivity index (χ2v) is 5.78. The van der Waals surface area contributed by atoms with Crippen LogP contribution < -0.4 is 16.0 Å². The summed E-state index contributed by atoms with van der Waals surface area (Å²) in [6, 6.07) is 5.23. The number of thiophene rings is 1. The summed E-state index contributed by atoms with van der Waals surface area (Å²) in [5, 5.41) is 11.5. The van der Waals surface area contributed by atoms with Gasteiger partial charge in [0, 0.05) is 23.9 Å². The van der Waals surface area contributed by atoms with Gasteiger partial charge in [-0.3, -0.25) is 14.4 Å². The first-order valence-electron chi connectivity index (χ1n) is 7.51. The molecular weight excluding hydrogens is 330 g/mol. The fourth-order valence-electron chi connectivity index (χ4n) is 1.88. The lowest BCUT2D eigenvalue weighted by molar-refractivity contribution is -0.126. The zero-order valence-electron chi connectivity index (χ0n) is 13.0. The van der Waals surface area contributed by atoms with Crippen LogP contribution in [0.5, 0.6) is 0 Å². The Balaban J connectivity index is 1.51. The van der Waals surface area contributed by atoms with Crippen LogP contribution in [0.15, 0.2) is 39.6 Å². The van der Waals surface area contributed by atoms with Crippen LogP contribution in [0.4, 0.5) is 0 Å². The lowest BCUT2D eigenvalue weighted by atomic mass is 10.2. The Bertz CT molecular complexity index is 653. The van der Waals surface area contributed by atoms with Crippen molar-refractivity contribution < 1.29 is 18.8 Å². The predicted octanol–water partition coefficient (Wildman–Crippen LogP) is 1.28. The molecule has 2 rings (SSSR count). The summed E-state index contributed by atoms with van der Waals surface area (Å²) in [5.74, 6) is -0.0107. The number of rotatable bonds is 9. The molecule has 0 aliphatic carbocycles. The number of hydrogen-bond donors (Lipinski definition) is 3. The maximum atomic E-state index is 11.7. The van der Waals surface area contributed by atoms with Gasteiger partial charge in [0.05, 0.1) is 19.4 Å². The van der Waals surface area contributed by atoms with Crippen molar-refractivity contribution in [2.75, 3.05) is 13.1 Å². The van der Waals surface area contributed by atoms with Crippen molar-refractivity contribution in [2.45, 2.75) is 19.4 Å². The van der Waals surface area contributed by atoms with E-state index in [2.05, 4.69) is 16.0 Å². The zero-order valence-corrected chi connectivity index (χ0v) is 13.9. The summed E-state index contributed by atoms with van der Waals surface area (Å²) in [7, 11) is 0. The van der Waals surface area contributed by atoms with Crippen molar-refractivity contribution in [3.8, 4) is 0 Å². The summed E-state index contributed by atoms with van der Waals surface area (Å²) >= 11 is 1.46. The minimum absolute atomic E-state index is 0.0825. The van der Waals surface area contributed by atoms with Gasteiger partial charge in [0.1, 0.15) is 5.76 Å². The van der Waals surface area contributed by atoms with Gasteiger partial charge >= 0.3 is 0 Å². The van der Waals surface area contributed by atoms with E-state index < -0.39 is 0 Å². The minimum atomic E-state index is -0.287. The SMILES string of the molecule is O=C(CCCNC(=O)c1ccsc1)NCC(=O)NCc1ccco1. The molecule has 24 heavy (non-hydrogen) atoms. The summed E-state index contributed by atoms with van der Waals surface area (Å²) in [6.45, 7) is 0.615. The molecule has 2 aromatic heterocycles. The number of furan rings is 1. The molecule has 0 unspecified atom stereocenters. The molecule has 3 amide bonds. The van der Waals surface area contributed by atoms with Gasteiger partial charge in [0.2, 0.25) is 11.8 Å². The fourth-order valence-corrected chi connectivity index (χ4v) is 2.51. The number of carbonyl (C=O) groups excluding carboxylic acids is 3. The first-order chi connectivity index (χ1) is 11.6. The van der Waals surface area contributed by atoms with Crippen molar-refractivity contribution in [3.05, 3.63) is 46.5 Å². The molecule has 8 heteroatoms. The Labute approximate surface area is 143 Å². The molecule has 0 fully saturated rings. The topological polar surface area (TPSA) is 100 Å². The third kappa shape index (κ3) is 6.25. The Kier molecular flexibility index (Phi) is 7.03. The lowest BCUT2D eigenvalue weighted by Crippen LogP contribution is -2.36. The largest absolute Gasteiger partial charge is 0.467 e. The van der Waals surface area contributed by atoms with E-state index in [0.29, 0.717) is 24.3 Å². The van der Waals surface area contributed by atoms with E-state index in [1.807, 2.05) is 5.38 Å². The fraction of sp³-hybridized carbons (Fsp3) is 0.312. The van der Waals surface area contributed by atoms with Crippen molar-refractivity contribution in [1.29, 1.82) is 0 Å². The van der Waals surface area contributed by atoms with Gasteiger partial charge in [-0.1, -0.05) is 0 Å². The molecule has 0 atom stereocenters. The molecule has 7 nitrogen and oxygen atoms in total. The minimum Gasteiger partial charge on any atom is -0.467 e. The van der Waals surface area contributed by atoms with E-state index in [9.17, 15) is 14.4 Å². The summed E-state index contributed by atoms with van der Waals surface area (Å²) < 4.78 is 5.09. The average Bonchev–Trinajstić information content (AvgIpc) is 3.28. The summed E-state index contributed by atoms with van der Waals surface area (Å²) in [6.07, 6.45) is 2.28. The summed E-state index contributed by atoms with van der Waals surface area (Å²) in [5.41, 5.74) is 0.623. The van der Waals surface area contributed by atoms with Crippen molar-refractivity contribution in [3.63, 3.8) is 0 Å². The van der Waals surface area contributed by atoms with E-state index in [-0.39, 0.29) is 37.2 Å². The monoisotopic (exact) mass is 349 g/mol. The Morgan fingerprint density at radius 1 is 1.08 bits per heavy atom. The van der Waals surface area contributed by atoms with E-state index in [0.717, 1.165) is 0 Å². The van der Waals surface area contributed by atoms with Gasteiger partial charge in [-0.15, -0.1) is 0 Å². The zero-order chi connectivity index (χ0) is 17.2. The van der Waals surface area contributed by atoms with Crippen LogP contribution in [-0.4, -0.2) is 30.8 Å². The highest BCUT2D eigenvalue weighted by Crippen LogP contribution is 2.05. The molecule has 0 saturated carbocycles. The Morgan fingerprint density at radius 2 is 1.96 bits per heavy atom. The van der Waals surface area contributed by atoms with Crippen LogP contribution in [0, 0.1) is 0 Å². The molecular formula is C16H19N3O4S. The van der Waals surface area contributed by atoms with Gasteiger partial charge in [-0.05, 0) is 30.0 Å². The number of carbonyl (C=O) groups is 3. The third-order valence-electron chi connectivity index (χ3n) is 3.14. The quantitative estimate of drug-likeness (QED) is 0.594. The van der Waals surface area contributed by atoms with Gasteiger partial charge in [0.15, 0.2) is 0 Å². The number of hydrogen-bond acceptors (Lipinski definition) is 5. The molecule has 0 spiro atoms. The maximum Gasteiger partial charge on any atom is 0.252 e. The molecule has 128 valence electrons. The van der Waals surface area contributed by atoms with Crippen LogP contribution in [0.1, 0.15) is 29.0 Å². The van der Waals surface area contributed by atoms with E-state index in [4.69, 9.17) is 4.42 Å². The molecule has 0 aliphatic rings. The van der Waals surface area contributed by atoms with Crippen LogP contribution in [-0.2, 0) is 16.1 Å². The predicted molar refractivity (Wildman–Crippen MR) is 89.5 cm³/mol. The second kappa shape index (κ2) is 9.51. The normalized spacial score (nSPS) is 10.2. The molecule has 0 saturated heterocycles. The maximum absolute atomic E-state index is 11.7. The molecule has 0 bridgehead atoms. The molecule has 2 aromatic rings. The Hall–Kier alpha value is -2.61. The third-order valence-corrected chi connectivity index (χ3v) is 3.82. The molecule has 3 N–H and O–H groups in total. The van der Waals surface area contributed by atoms with Gasteiger partial charge in [0.25, 0.3) is 5.91 Å². The van der Waals surface area contributed by atoms with Crippen LogP contribution in [0.2, 0.25) is 0 Å². The molecule has 0 radical (unpaired) electrons. The first kappa shape index (κ1) is 17.7. The summed E-state index contributed by atoms with van der Waals surface area (Å²) in [4.78, 5) is 34.9. The average molecular weight is 349 g/mol. The molecule has 0 aliphatic heterocycles. The second-order valence-electron chi connectivity index (χ2n) is 5.00. The highest BCUT2D eigenvalue weighted by molar-refractivity contribution is 7.08. The van der Waals surface area contributed by atoms with Crippen molar-refractivity contribution in [2.24, 2.45) is 0 Å².